The second kappa shape index (κ2) is 7.82. The quantitative estimate of drug-likeness (QED) is 0.781. The van der Waals surface area contributed by atoms with Gasteiger partial charge in [0.15, 0.2) is 6.29 Å². The van der Waals surface area contributed by atoms with E-state index >= 15 is 0 Å². The Morgan fingerprint density at radius 2 is 1.96 bits per heavy atom. The average molecular weight is 318 g/mol. The predicted octanol–water partition coefficient (Wildman–Crippen LogP) is 4.18. The summed E-state index contributed by atoms with van der Waals surface area (Å²) in [6, 6.07) is 8.20. The lowest BCUT2D eigenvalue weighted by Crippen LogP contribution is -2.28. The molecule has 0 bridgehead atoms. The van der Waals surface area contributed by atoms with E-state index in [1.165, 1.54) is 18.9 Å². The summed E-state index contributed by atoms with van der Waals surface area (Å²) >= 11 is 0. The Labute approximate surface area is 138 Å². The molecule has 126 valence electrons. The molecule has 0 spiro atoms. The van der Waals surface area contributed by atoms with Crippen LogP contribution in [0.4, 0.5) is 0 Å². The molecule has 3 atom stereocenters. The number of rotatable bonds is 4. The van der Waals surface area contributed by atoms with Crippen LogP contribution in [0.15, 0.2) is 24.3 Å². The number of hydrogen-bond acceptors (Lipinski definition) is 4. The van der Waals surface area contributed by atoms with Gasteiger partial charge in [0.2, 0.25) is 0 Å². The Morgan fingerprint density at radius 3 is 2.74 bits per heavy atom. The van der Waals surface area contributed by atoms with Crippen molar-refractivity contribution in [2.45, 2.75) is 70.2 Å². The topological polar surface area (TPSA) is 44.8 Å². The second-order valence-electron chi connectivity index (χ2n) is 6.53. The van der Waals surface area contributed by atoms with Gasteiger partial charge in [-0.2, -0.15) is 0 Å². The van der Waals surface area contributed by atoms with Gasteiger partial charge in [-0.25, -0.2) is 0 Å². The number of esters is 1. The highest BCUT2D eigenvalue weighted by atomic mass is 16.7. The lowest BCUT2D eigenvalue weighted by atomic mass is 9.81. The molecule has 4 heteroatoms. The minimum atomic E-state index is -0.190. The smallest absolute Gasteiger partial charge is 0.302 e. The van der Waals surface area contributed by atoms with Crippen molar-refractivity contribution in [2.75, 3.05) is 6.61 Å². The minimum absolute atomic E-state index is 0.0116. The highest BCUT2D eigenvalue weighted by molar-refractivity contribution is 5.66. The molecule has 2 aliphatic rings. The molecule has 1 unspecified atom stereocenters. The Kier molecular flexibility index (Phi) is 5.55. The fraction of sp³-hybridized carbons (Fsp3) is 0.632. The van der Waals surface area contributed by atoms with E-state index in [4.69, 9.17) is 14.2 Å². The van der Waals surface area contributed by atoms with Gasteiger partial charge in [-0.3, -0.25) is 4.79 Å². The van der Waals surface area contributed by atoms with Gasteiger partial charge in [0.1, 0.15) is 11.9 Å². The number of hydrogen-bond donors (Lipinski definition) is 0. The van der Waals surface area contributed by atoms with E-state index < -0.39 is 0 Å². The van der Waals surface area contributed by atoms with Gasteiger partial charge in [0, 0.05) is 19.3 Å². The number of carbonyl (C=O) groups excluding carboxylic acids is 1. The highest BCUT2D eigenvalue weighted by Crippen LogP contribution is 2.36. The van der Waals surface area contributed by atoms with E-state index in [1.807, 2.05) is 12.1 Å². The fourth-order valence-electron chi connectivity index (χ4n) is 3.61. The Morgan fingerprint density at radius 1 is 1.13 bits per heavy atom. The summed E-state index contributed by atoms with van der Waals surface area (Å²) in [5.74, 6) is 0.926. The lowest BCUT2D eigenvalue weighted by Gasteiger charge is -2.31. The first kappa shape index (κ1) is 16.3. The molecule has 0 radical (unpaired) electrons. The maximum absolute atomic E-state index is 11.4. The molecule has 0 N–H and O–H groups in total. The zero-order chi connectivity index (χ0) is 16.1. The van der Waals surface area contributed by atoms with Crippen LogP contribution in [-0.4, -0.2) is 25.0 Å². The van der Waals surface area contributed by atoms with Gasteiger partial charge in [-0.05, 0) is 49.8 Å². The van der Waals surface area contributed by atoms with E-state index in [-0.39, 0.29) is 24.3 Å². The van der Waals surface area contributed by atoms with E-state index in [1.54, 1.807) is 0 Å². The minimum Gasteiger partial charge on any atom is -0.465 e. The molecule has 1 aliphatic carbocycles. The van der Waals surface area contributed by atoms with Gasteiger partial charge in [0.05, 0.1) is 6.61 Å². The van der Waals surface area contributed by atoms with Crippen LogP contribution >= 0.6 is 0 Å². The van der Waals surface area contributed by atoms with Crippen molar-refractivity contribution in [2.24, 2.45) is 0 Å². The second-order valence-corrected chi connectivity index (χ2v) is 6.53. The monoisotopic (exact) mass is 318 g/mol. The molecule has 4 nitrogen and oxygen atoms in total. The maximum Gasteiger partial charge on any atom is 0.302 e. The SMILES string of the molecule is CC(=O)O[C@H]1CCCC[C@@H]1c1cccc(OC2CCCCO2)c1. The lowest BCUT2D eigenvalue weighted by molar-refractivity contribution is -0.148. The number of carbonyl (C=O) groups is 1. The summed E-state index contributed by atoms with van der Waals surface area (Å²) in [6.07, 6.45) is 7.39. The summed E-state index contributed by atoms with van der Waals surface area (Å²) in [5.41, 5.74) is 1.20. The van der Waals surface area contributed by atoms with Crippen LogP contribution in [0.5, 0.6) is 5.75 Å². The molecular weight excluding hydrogens is 292 g/mol. The van der Waals surface area contributed by atoms with Crippen molar-refractivity contribution in [3.05, 3.63) is 29.8 Å². The van der Waals surface area contributed by atoms with E-state index in [0.29, 0.717) is 0 Å². The van der Waals surface area contributed by atoms with Crippen LogP contribution in [0.25, 0.3) is 0 Å². The molecule has 0 aromatic heterocycles. The van der Waals surface area contributed by atoms with E-state index in [9.17, 15) is 4.79 Å². The number of benzene rings is 1. The summed E-state index contributed by atoms with van der Waals surface area (Å²) in [4.78, 5) is 11.4. The van der Waals surface area contributed by atoms with Gasteiger partial charge < -0.3 is 14.2 Å². The first-order valence-corrected chi connectivity index (χ1v) is 8.78. The van der Waals surface area contributed by atoms with Gasteiger partial charge in [-0.1, -0.05) is 18.6 Å². The standard InChI is InChI=1S/C19H26O4/c1-14(20)22-18-10-3-2-9-17(18)15-7-6-8-16(13-15)23-19-11-4-5-12-21-19/h6-8,13,17-19H,2-5,9-12H2,1H3/t17-,18+,19?/m1/s1. The van der Waals surface area contributed by atoms with Crippen molar-refractivity contribution in [3.63, 3.8) is 0 Å². The zero-order valence-corrected chi connectivity index (χ0v) is 13.8. The molecule has 0 amide bonds. The summed E-state index contributed by atoms with van der Waals surface area (Å²) in [7, 11) is 0. The molecule has 1 heterocycles. The maximum atomic E-state index is 11.4. The Bertz CT molecular complexity index is 522. The zero-order valence-electron chi connectivity index (χ0n) is 13.8. The molecule has 1 aromatic carbocycles. The van der Waals surface area contributed by atoms with Crippen LogP contribution in [0.3, 0.4) is 0 Å². The van der Waals surface area contributed by atoms with Gasteiger partial charge in [-0.15, -0.1) is 0 Å². The van der Waals surface area contributed by atoms with Gasteiger partial charge >= 0.3 is 5.97 Å². The third-order valence-electron chi connectivity index (χ3n) is 4.71. The van der Waals surface area contributed by atoms with Crippen LogP contribution in [-0.2, 0) is 14.3 Å². The third kappa shape index (κ3) is 4.47. The van der Waals surface area contributed by atoms with Crippen LogP contribution in [0, 0.1) is 0 Å². The molecule has 1 saturated carbocycles. The number of ether oxygens (including phenoxy) is 3. The first-order valence-electron chi connectivity index (χ1n) is 8.78. The predicted molar refractivity (Wildman–Crippen MR) is 87.4 cm³/mol. The summed E-state index contributed by atoms with van der Waals surface area (Å²) in [5, 5.41) is 0. The summed E-state index contributed by atoms with van der Waals surface area (Å²) in [6.45, 7) is 2.27. The summed E-state index contributed by atoms with van der Waals surface area (Å²) < 4.78 is 17.2. The fourth-order valence-corrected chi connectivity index (χ4v) is 3.61. The Balaban J connectivity index is 1.70. The molecular formula is C19H26O4. The van der Waals surface area contributed by atoms with Crippen LogP contribution < -0.4 is 4.74 Å². The van der Waals surface area contributed by atoms with Crippen molar-refractivity contribution in [3.8, 4) is 5.75 Å². The largest absolute Gasteiger partial charge is 0.465 e. The van der Waals surface area contributed by atoms with Crippen molar-refractivity contribution in [1.29, 1.82) is 0 Å². The molecule has 1 aromatic rings. The van der Waals surface area contributed by atoms with E-state index in [0.717, 1.165) is 50.9 Å². The van der Waals surface area contributed by atoms with E-state index in [2.05, 4.69) is 12.1 Å². The Hall–Kier alpha value is -1.55. The van der Waals surface area contributed by atoms with Crippen molar-refractivity contribution >= 4 is 5.97 Å². The molecule has 2 fully saturated rings. The molecule has 1 aliphatic heterocycles. The molecule has 23 heavy (non-hydrogen) atoms. The highest BCUT2D eigenvalue weighted by Gasteiger charge is 2.29. The van der Waals surface area contributed by atoms with Crippen LogP contribution in [0.1, 0.15) is 63.4 Å². The van der Waals surface area contributed by atoms with Gasteiger partial charge in [0.25, 0.3) is 0 Å². The first-order chi connectivity index (χ1) is 11.2. The normalized spacial score (nSPS) is 28.1. The van der Waals surface area contributed by atoms with Crippen LogP contribution in [0.2, 0.25) is 0 Å². The average Bonchev–Trinajstić information content (AvgIpc) is 2.56. The van der Waals surface area contributed by atoms with Crippen molar-refractivity contribution in [1.82, 2.24) is 0 Å². The third-order valence-corrected chi connectivity index (χ3v) is 4.71. The van der Waals surface area contributed by atoms with Crippen molar-refractivity contribution < 1.29 is 19.0 Å². The molecule has 3 rings (SSSR count). The molecule has 1 saturated heterocycles.